The van der Waals surface area contributed by atoms with Crippen LogP contribution in [0.3, 0.4) is 0 Å². The van der Waals surface area contributed by atoms with E-state index < -0.39 is 17.4 Å². The molecule has 4 nitrogen and oxygen atoms in total. The highest BCUT2D eigenvalue weighted by Gasteiger charge is 2.44. The molecule has 0 saturated heterocycles. The molecule has 3 aromatic rings. The van der Waals surface area contributed by atoms with Gasteiger partial charge in [0, 0.05) is 6.42 Å². The molecule has 1 atom stereocenters. The maximum atomic E-state index is 13.9. The molecule has 3 N–H and O–H groups in total. The first kappa shape index (κ1) is 19.9. The first-order valence-electron chi connectivity index (χ1n) is 9.31. The van der Waals surface area contributed by atoms with Gasteiger partial charge in [0.15, 0.2) is 0 Å². The molecule has 0 unspecified atom stereocenters. The molecule has 4 heteroatoms. The van der Waals surface area contributed by atoms with Crippen molar-refractivity contribution in [3.63, 3.8) is 0 Å². The van der Waals surface area contributed by atoms with Crippen molar-refractivity contribution in [2.45, 2.75) is 17.9 Å². The van der Waals surface area contributed by atoms with Crippen molar-refractivity contribution in [3.05, 3.63) is 108 Å². The summed E-state index contributed by atoms with van der Waals surface area (Å²) < 4.78 is 0. The van der Waals surface area contributed by atoms with E-state index >= 15 is 0 Å². The van der Waals surface area contributed by atoms with Gasteiger partial charge >= 0.3 is 0 Å². The second-order valence-electron chi connectivity index (χ2n) is 6.68. The average molecular weight is 382 g/mol. The largest absolute Gasteiger partial charge is 0.368 e. The highest BCUT2D eigenvalue weighted by molar-refractivity contribution is 5.98. The summed E-state index contributed by atoms with van der Waals surface area (Å²) >= 11 is 0. The molecule has 3 rings (SSSR count). The third-order valence-electron chi connectivity index (χ3n) is 4.93. The summed E-state index contributed by atoms with van der Waals surface area (Å²) in [7, 11) is 0. The number of carbonyl (C=O) groups is 2. The molecule has 2 amide bonds. The van der Waals surface area contributed by atoms with E-state index in [9.17, 15) is 9.59 Å². The van der Waals surface area contributed by atoms with Gasteiger partial charge in [-0.2, -0.15) is 0 Å². The van der Waals surface area contributed by atoms with E-state index in [1.807, 2.05) is 91.0 Å². The normalized spacial score (nSPS) is 11.8. The van der Waals surface area contributed by atoms with E-state index in [1.54, 1.807) is 0 Å². The molecular formula is C25H22N2O2. The molecule has 0 aliphatic rings. The first-order chi connectivity index (χ1) is 14.1. The Kier molecular flexibility index (Phi) is 6.11. The molecule has 0 heterocycles. The number of nitrogens with two attached hydrogens (primary N) is 1. The molecular weight excluding hydrogens is 360 g/mol. The van der Waals surface area contributed by atoms with Crippen molar-refractivity contribution in [1.29, 1.82) is 0 Å². The van der Waals surface area contributed by atoms with E-state index in [-0.39, 0.29) is 12.3 Å². The van der Waals surface area contributed by atoms with Crippen LogP contribution in [-0.2, 0) is 15.0 Å². The van der Waals surface area contributed by atoms with E-state index in [0.717, 1.165) is 16.7 Å². The van der Waals surface area contributed by atoms with Crippen LogP contribution in [0.4, 0.5) is 0 Å². The monoisotopic (exact) mass is 382 g/mol. The van der Waals surface area contributed by atoms with Gasteiger partial charge in [-0.05, 0) is 16.7 Å². The molecule has 144 valence electrons. The van der Waals surface area contributed by atoms with Crippen LogP contribution in [0.2, 0.25) is 0 Å². The number of primary amides is 1. The Hall–Kier alpha value is -3.84. The number of benzene rings is 3. The number of carbonyl (C=O) groups excluding carboxylic acids is 2. The summed E-state index contributed by atoms with van der Waals surface area (Å²) in [5, 5.41) is 2.80. The summed E-state index contributed by atoms with van der Waals surface area (Å²) in [6, 6.07) is 27.5. The van der Waals surface area contributed by atoms with Crippen LogP contribution in [0.5, 0.6) is 0 Å². The molecule has 0 fully saturated rings. The zero-order valence-electron chi connectivity index (χ0n) is 15.9. The van der Waals surface area contributed by atoms with E-state index in [0.29, 0.717) is 0 Å². The van der Waals surface area contributed by atoms with Gasteiger partial charge < -0.3 is 11.1 Å². The standard InChI is InChI=1S/C25H22N2O2/c1-2-12-22(23(26)28)27-24(29)25(19-13-6-3-7-14-19,20-15-8-4-9-16-20)21-17-10-5-11-18-21/h1,3-11,13-18,22H,12H2,(H2,26,28)(H,27,29)/t22-/m1/s1. The average Bonchev–Trinajstić information content (AvgIpc) is 2.76. The van der Waals surface area contributed by atoms with E-state index in [2.05, 4.69) is 11.2 Å². The van der Waals surface area contributed by atoms with Crippen LogP contribution >= 0.6 is 0 Å². The minimum atomic E-state index is -1.17. The van der Waals surface area contributed by atoms with Gasteiger partial charge in [-0.15, -0.1) is 12.3 Å². The van der Waals surface area contributed by atoms with Crippen molar-refractivity contribution < 1.29 is 9.59 Å². The lowest BCUT2D eigenvalue weighted by molar-refractivity contribution is -0.129. The van der Waals surface area contributed by atoms with Gasteiger partial charge in [0.05, 0.1) is 0 Å². The number of hydrogen-bond donors (Lipinski definition) is 2. The number of amides is 2. The topological polar surface area (TPSA) is 72.2 Å². The fraction of sp³-hybridized carbons (Fsp3) is 0.120. The summed E-state index contributed by atoms with van der Waals surface area (Å²) in [6.07, 6.45) is 5.40. The second-order valence-corrected chi connectivity index (χ2v) is 6.68. The molecule has 0 saturated carbocycles. The summed E-state index contributed by atoms with van der Waals surface area (Å²) in [4.78, 5) is 25.7. The van der Waals surface area contributed by atoms with Gasteiger partial charge in [0.2, 0.25) is 11.8 Å². The predicted octanol–water partition coefficient (Wildman–Crippen LogP) is 3.01. The molecule has 0 radical (unpaired) electrons. The Morgan fingerprint density at radius 2 is 1.21 bits per heavy atom. The lowest BCUT2D eigenvalue weighted by Gasteiger charge is -2.35. The minimum absolute atomic E-state index is 0.0233. The van der Waals surface area contributed by atoms with Crippen molar-refractivity contribution in [2.24, 2.45) is 5.73 Å². The van der Waals surface area contributed by atoms with Gasteiger partial charge in [-0.25, -0.2) is 0 Å². The summed E-state index contributed by atoms with van der Waals surface area (Å²) in [6.45, 7) is 0. The molecule has 3 aromatic carbocycles. The maximum absolute atomic E-state index is 13.9. The van der Waals surface area contributed by atoms with Crippen molar-refractivity contribution in [2.75, 3.05) is 0 Å². The minimum Gasteiger partial charge on any atom is -0.368 e. The van der Waals surface area contributed by atoms with Crippen LogP contribution < -0.4 is 11.1 Å². The highest BCUT2D eigenvalue weighted by Crippen LogP contribution is 2.39. The fourth-order valence-electron chi connectivity index (χ4n) is 3.56. The van der Waals surface area contributed by atoms with Crippen molar-refractivity contribution in [3.8, 4) is 12.3 Å². The molecule has 0 aliphatic heterocycles. The Bertz CT molecular complexity index is 912. The number of nitrogens with one attached hydrogen (secondary N) is 1. The molecule has 29 heavy (non-hydrogen) atoms. The zero-order valence-corrected chi connectivity index (χ0v) is 15.9. The third-order valence-corrected chi connectivity index (χ3v) is 4.93. The van der Waals surface area contributed by atoms with Gasteiger partial charge in [0.25, 0.3) is 0 Å². The molecule has 0 aromatic heterocycles. The van der Waals surface area contributed by atoms with Gasteiger partial charge in [-0.3, -0.25) is 9.59 Å². The van der Waals surface area contributed by atoms with Crippen LogP contribution in [0.1, 0.15) is 23.1 Å². The number of rotatable bonds is 7. The highest BCUT2D eigenvalue weighted by atomic mass is 16.2. The first-order valence-corrected chi connectivity index (χ1v) is 9.31. The Morgan fingerprint density at radius 3 is 1.52 bits per heavy atom. The molecule has 0 aliphatic carbocycles. The second kappa shape index (κ2) is 8.90. The zero-order chi connectivity index (χ0) is 20.7. The maximum Gasteiger partial charge on any atom is 0.240 e. The summed E-state index contributed by atoms with van der Waals surface area (Å²) in [5.41, 5.74) is 6.64. The lowest BCUT2D eigenvalue weighted by Crippen LogP contribution is -2.53. The van der Waals surface area contributed by atoms with E-state index in [4.69, 9.17) is 12.2 Å². The van der Waals surface area contributed by atoms with Crippen LogP contribution in [0.15, 0.2) is 91.0 Å². The Balaban J connectivity index is 2.27. The number of terminal acetylenes is 1. The lowest BCUT2D eigenvalue weighted by atomic mass is 9.68. The predicted molar refractivity (Wildman–Crippen MR) is 114 cm³/mol. The summed E-state index contributed by atoms with van der Waals surface area (Å²) in [5.74, 6) is 1.38. The van der Waals surface area contributed by atoms with Gasteiger partial charge in [-0.1, -0.05) is 91.0 Å². The van der Waals surface area contributed by atoms with Crippen molar-refractivity contribution >= 4 is 11.8 Å². The molecule has 0 spiro atoms. The van der Waals surface area contributed by atoms with Gasteiger partial charge in [0.1, 0.15) is 11.5 Å². The smallest absolute Gasteiger partial charge is 0.240 e. The van der Waals surface area contributed by atoms with Crippen LogP contribution in [0, 0.1) is 12.3 Å². The Morgan fingerprint density at radius 1 is 0.828 bits per heavy atom. The molecule has 0 bridgehead atoms. The number of hydrogen-bond acceptors (Lipinski definition) is 2. The Labute approximate surface area is 170 Å². The SMILES string of the molecule is C#CC[C@@H](NC(=O)C(c1ccccc1)(c1ccccc1)c1ccccc1)C(N)=O. The van der Waals surface area contributed by atoms with Crippen LogP contribution in [0.25, 0.3) is 0 Å². The third kappa shape index (κ3) is 3.90. The van der Waals surface area contributed by atoms with Crippen LogP contribution in [-0.4, -0.2) is 17.9 Å². The van der Waals surface area contributed by atoms with E-state index in [1.165, 1.54) is 0 Å². The van der Waals surface area contributed by atoms with Crippen molar-refractivity contribution in [1.82, 2.24) is 5.32 Å². The fourth-order valence-corrected chi connectivity index (χ4v) is 3.56. The quantitative estimate of drug-likeness (QED) is 0.487.